The lowest BCUT2D eigenvalue weighted by Crippen LogP contribution is -2.42. The van der Waals surface area contributed by atoms with E-state index in [1.807, 2.05) is 41.6 Å². The number of morpholine rings is 1. The Hall–Kier alpha value is -2.77. The van der Waals surface area contributed by atoms with E-state index in [2.05, 4.69) is 26.4 Å². The van der Waals surface area contributed by atoms with Gasteiger partial charge in [0.2, 0.25) is 0 Å². The van der Waals surface area contributed by atoms with Crippen LogP contribution in [0, 0.1) is 0 Å². The zero-order valence-electron chi connectivity index (χ0n) is 18.5. The number of nitrogens with zero attached hydrogens (tertiary/aromatic N) is 5. The molecule has 2 fully saturated rings. The van der Waals surface area contributed by atoms with Gasteiger partial charge in [-0.2, -0.15) is 0 Å². The number of pyridine rings is 2. The van der Waals surface area contributed by atoms with E-state index in [-0.39, 0.29) is 5.91 Å². The van der Waals surface area contributed by atoms with Crippen molar-refractivity contribution in [1.29, 1.82) is 0 Å². The molecule has 3 aromatic rings. The molecule has 0 aliphatic carbocycles. The SMILES string of the molecule is O=C(c1nc2ccccn2c1CN1CCCCC1CCc1ccccn1)N1CCOCC1. The molecule has 0 saturated carbocycles. The molecule has 3 aromatic heterocycles. The van der Waals surface area contributed by atoms with Gasteiger partial charge in [0.05, 0.1) is 18.9 Å². The number of aryl methyl sites for hydroxylation is 1. The van der Waals surface area contributed by atoms with E-state index in [1.165, 1.54) is 19.3 Å². The number of carbonyl (C=O) groups is 1. The summed E-state index contributed by atoms with van der Waals surface area (Å²) in [5.74, 6) is 0.0223. The second-order valence-corrected chi connectivity index (χ2v) is 8.72. The Morgan fingerprint density at radius 1 is 1.06 bits per heavy atom. The van der Waals surface area contributed by atoms with Crippen LogP contribution in [0.2, 0.25) is 0 Å². The number of amides is 1. The maximum Gasteiger partial charge on any atom is 0.274 e. The third kappa shape index (κ3) is 4.54. The number of fused-ring (bicyclic) bond motifs is 1. The van der Waals surface area contributed by atoms with Crippen LogP contribution in [-0.2, 0) is 17.7 Å². The zero-order valence-corrected chi connectivity index (χ0v) is 18.5. The number of carbonyl (C=O) groups excluding carboxylic acids is 1. The number of imidazole rings is 1. The van der Waals surface area contributed by atoms with Gasteiger partial charge in [-0.1, -0.05) is 18.6 Å². The highest BCUT2D eigenvalue weighted by Crippen LogP contribution is 2.25. The van der Waals surface area contributed by atoms with Gasteiger partial charge in [0.25, 0.3) is 5.91 Å². The fourth-order valence-corrected chi connectivity index (χ4v) is 4.93. The normalized spacial score (nSPS) is 20.0. The molecule has 2 aliphatic heterocycles. The van der Waals surface area contributed by atoms with Crippen LogP contribution in [0.15, 0.2) is 48.8 Å². The number of ether oxygens (including phenoxy) is 1. The Bertz CT molecular complexity index is 1040. The second kappa shape index (κ2) is 9.79. The third-order valence-corrected chi connectivity index (χ3v) is 6.69. The summed E-state index contributed by atoms with van der Waals surface area (Å²) < 4.78 is 7.54. The molecule has 32 heavy (non-hydrogen) atoms. The number of aromatic nitrogens is 3. The Kier molecular flexibility index (Phi) is 6.46. The Morgan fingerprint density at radius 2 is 1.94 bits per heavy atom. The van der Waals surface area contributed by atoms with E-state index in [1.54, 1.807) is 0 Å². The van der Waals surface area contributed by atoms with E-state index in [4.69, 9.17) is 9.72 Å². The van der Waals surface area contributed by atoms with Crippen molar-refractivity contribution in [3.05, 3.63) is 65.9 Å². The predicted octanol–water partition coefficient (Wildman–Crippen LogP) is 3.19. The van der Waals surface area contributed by atoms with Crippen molar-refractivity contribution < 1.29 is 9.53 Å². The fourth-order valence-electron chi connectivity index (χ4n) is 4.93. The maximum absolute atomic E-state index is 13.4. The minimum atomic E-state index is 0.0223. The number of likely N-dealkylation sites (tertiary alicyclic amines) is 1. The summed E-state index contributed by atoms with van der Waals surface area (Å²) in [6, 6.07) is 12.6. The van der Waals surface area contributed by atoms with Gasteiger partial charge in [-0.25, -0.2) is 4.98 Å². The van der Waals surface area contributed by atoms with E-state index >= 15 is 0 Å². The molecule has 0 radical (unpaired) electrons. The Balaban J connectivity index is 1.39. The van der Waals surface area contributed by atoms with Gasteiger partial charge in [0.15, 0.2) is 5.69 Å². The molecule has 7 nitrogen and oxygen atoms in total. The number of rotatable bonds is 6. The van der Waals surface area contributed by atoms with Gasteiger partial charge in [-0.05, 0) is 56.5 Å². The summed E-state index contributed by atoms with van der Waals surface area (Å²) in [5.41, 5.74) is 3.58. The van der Waals surface area contributed by atoms with Crippen molar-refractivity contribution in [1.82, 2.24) is 24.2 Å². The first-order chi connectivity index (χ1) is 15.8. The molecule has 2 saturated heterocycles. The molecule has 0 bridgehead atoms. The first-order valence-electron chi connectivity index (χ1n) is 11.8. The first-order valence-corrected chi connectivity index (χ1v) is 11.8. The lowest BCUT2D eigenvalue weighted by molar-refractivity contribution is 0.0297. The lowest BCUT2D eigenvalue weighted by atomic mass is 9.96. The van der Waals surface area contributed by atoms with Crippen LogP contribution in [0.4, 0.5) is 0 Å². The van der Waals surface area contributed by atoms with E-state index in [0.717, 1.165) is 43.0 Å². The summed E-state index contributed by atoms with van der Waals surface area (Å²) >= 11 is 0. The molecular formula is C25H31N5O2. The average molecular weight is 434 g/mol. The van der Waals surface area contributed by atoms with Gasteiger partial charge >= 0.3 is 0 Å². The standard InChI is InChI=1S/C25H31N5O2/c31-25(28-15-17-32-18-16-28)24-22(30-14-6-3-9-23(30)27-24)19-29-13-5-2-8-21(29)11-10-20-7-1-4-12-26-20/h1,3-4,6-7,9,12,14,21H,2,5,8,10-11,13,15-19H2. The quantitative estimate of drug-likeness (QED) is 0.597. The summed E-state index contributed by atoms with van der Waals surface area (Å²) in [6.07, 6.45) is 9.61. The van der Waals surface area contributed by atoms with E-state index in [0.29, 0.717) is 38.0 Å². The highest BCUT2D eigenvalue weighted by atomic mass is 16.5. The van der Waals surface area contributed by atoms with Crippen LogP contribution in [0.25, 0.3) is 5.65 Å². The summed E-state index contributed by atoms with van der Waals surface area (Å²) in [6.45, 7) is 4.24. The van der Waals surface area contributed by atoms with Crippen molar-refractivity contribution >= 4 is 11.6 Å². The first kappa shape index (κ1) is 21.1. The van der Waals surface area contributed by atoms with Crippen molar-refractivity contribution in [2.75, 3.05) is 32.8 Å². The van der Waals surface area contributed by atoms with Crippen LogP contribution in [0.3, 0.4) is 0 Å². The summed E-state index contributed by atoms with van der Waals surface area (Å²) in [5, 5.41) is 0. The number of hydrogen-bond acceptors (Lipinski definition) is 5. The van der Waals surface area contributed by atoms with Gasteiger partial charge in [-0.15, -0.1) is 0 Å². The highest BCUT2D eigenvalue weighted by molar-refractivity contribution is 5.94. The van der Waals surface area contributed by atoms with Crippen LogP contribution in [-0.4, -0.2) is 69.0 Å². The maximum atomic E-state index is 13.4. The number of hydrogen-bond donors (Lipinski definition) is 0. The molecule has 0 N–H and O–H groups in total. The molecule has 0 spiro atoms. The second-order valence-electron chi connectivity index (χ2n) is 8.72. The molecule has 1 amide bonds. The van der Waals surface area contributed by atoms with Gasteiger partial charge in [0, 0.05) is 43.8 Å². The molecule has 1 unspecified atom stereocenters. The average Bonchev–Trinajstić information content (AvgIpc) is 3.22. The van der Waals surface area contributed by atoms with Crippen LogP contribution >= 0.6 is 0 Å². The molecule has 168 valence electrons. The van der Waals surface area contributed by atoms with Gasteiger partial charge in [-0.3, -0.25) is 14.7 Å². The monoisotopic (exact) mass is 433 g/mol. The van der Waals surface area contributed by atoms with E-state index < -0.39 is 0 Å². The Labute approximate surface area is 189 Å². The topological polar surface area (TPSA) is 63.0 Å². The third-order valence-electron chi connectivity index (χ3n) is 6.69. The minimum Gasteiger partial charge on any atom is -0.378 e. The van der Waals surface area contributed by atoms with E-state index in [9.17, 15) is 4.79 Å². The van der Waals surface area contributed by atoms with Crippen LogP contribution < -0.4 is 0 Å². The molecular weight excluding hydrogens is 402 g/mol. The minimum absolute atomic E-state index is 0.0223. The molecule has 1 atom stereocenters. The summed E-state index contributed by atoms with van der Waals surface area (Å²) in [4.78, 5) is 27.1. The molecule has 5 rings (SSSR count). The molecule has 7 heteroatoms. The van der Waals surface area contributed by atoms with Gasteiger partial charge < -0.3 is 14.0 Å². The van der Waals surface area contributed by atoms with Crippen molar-refractivity contribution in [3.63, 3.8) is 0 Å². The Morgan fingerprint density at radius 3 is 2.78 bits per heavy atom. The van der Waals surface area contributed by atoms with Crippen LogP contribution in [0.1, 0.15) is 47.6 Å². The van der Waals surface area contributed by atoms with Crippen molar-refractivity contribution in [2.24, 2.45) is 0 Å². The zero-order chi connectivity index (χ0) is 21.8. The van der Waals surface area contributed by atoms with Crippen LogP contribution in [0.5, 0.6) is 0 Å². The molecule has 2 aliphatic rings. The van der Waals surface area contributed by atoms with Gasteiger partial charge in [0.1, 0.15) is 5.65 Å². The van der Waals surface area contributed by atoms with Crippen molar-refractivity contribution in [2.45, 2.75) is 44.7 Å². The van der Waals surface area contributed by atoms with Crippen molar-refractivity contribution in [3.8, 4) is 0 Å². The smallest absolute Gasteiger partial charge is 0.274 e. The fraction of sp³-hybridized carbons (Fsp3) is 0.480. The summed E-state index contributed by atoms with van der Waals surface area (Å²) in [7, 11) is 0. The highest BCUT2D eigenvalue weighted by Gasteiger charge is 2.29. The molecule has 0 aromatic carbocycles. The lowest BCUT2D eigenvalue weighted by Gasteiger charge is -2.36. The largest absolute Gasteiger partial charge is 0.378 e. The predicted molar refractivity (Wildman–Crippen MR) is 123 cm³/mol. The molecule has 5 heterocycles. The number of piperidine rings is 1.